The minimum absolute atomic E-state index is 0.0137. The second-order valence-electron chi connectivity index (χ2n) is 9.61. The standard InChI is InChI=1S/C31H31Cl3N2O3/c1-4-5-24(19-6-8-21(9-7-19)31(38)35-15-14-28(37)39-3)29(20-10-12-22(32)13-11-20)26-18-36(2)30-25(26)16-23(33)17-27(30)34/h6-13,16-18,24,29H,4-5,14-15H2,1-3H3,(H,35,38). The van der Waals surface area contributed by atoms with E-state index >= 15 is 0 Å². The van der Waals surface area contributed by atoms with Crippen molar-refractivity contribution >= 4 is 57.6 Å². The molecule has 0 aliphatic rings. The Kier molecular flexibility index (Phi) is 9.60. The maximum absolute atomic E-state index is 12.6. The van der Waals surface area contributed by atoms with Gasteiger partial charge in [0.15, 0.2) is 0 Å². The second kappa shape index (κ2) is 12.9. The molecule has 2 unspecified atom stereocenters. The number of aromatic nitrogens is 1. The van der Waals surface area contributed by atoms with Crippen LogP contribution in [0.25, 0.3) is 10.9 Å². The second-order valence-corrected chi connectivity index (χ2v) is 10.9. The van der Waals surface area contributed by atoms with Gasteiger partial charge in [-0.3, -0.25) is 9.59 Å². The van der Waals surface area contributed by atoms with Gasteiger partial charge in [-0.2, -0.15) is 0 Å². The van der Waals surface area contributed by atoms with Crippen LogP contribution in [0.1, 0.15) is 65.1 Å². The number of halogens is 3. The minimum Gasteiger partial charge on any atom is -0.469 e. The molecule has 0 spiro atoms. The number of esters is 1. The Hall–Kier alpha value is -2.99. The number of carbonyl (C=O) groups excluding carboxylic acids is 2. The van der Waals surface area contributed by atoms with Crippen molar-refractivity contribution in [3.05, 3.63) is 104 Å². The molecule has 2 atom stereocenters. The highest BCUT2D eigenvalue weighted by Crippen LogP contribution is 2.46. The zero-order valence-corrected chi connectivity index (χ0v) is 24.4. The number of methoxy groups -OCH3 is 1. The number of rotatable bonds is 10. The number of benzene rings is 3. The van der Waals surface area contributed by atoms with Gasteiger partial charge in [0, 0.05) is 46.7 Å². The van der Waals surface area contributed by atoms with E-state index in [2.05, 4.69) is 39.9 Å². The topological polar surface area (TPSA) is 60.3 Å². The molecule has 39 heavy (non-hydrogen) atoms. The van der Waals surface area contributed by atoms with Crippen LogP contribution < -0.4 is 5.32 Å². The number of aryl methyl sites for hydroxylation is 1. The van der Waals surface area contributed by atoms with Gasteiger partial charge in [-0.1, -0.05) is 72.4 Å². The number of nitrogens with one attached hydrogen (secondary N) is 1. The van der Waals surface area contributed by atoms with Crippen LogP contribution in [0.4, 0.5) is 0 Å². The zero-order valence-electron chi connectivity index (χ0n) is 22.1. The molecule has 0 saturated carbocycles. The van der Waals surface area contributed by atoms with Crippen LogP contribution in [-0.2, 0) is 16.6 Å². The summed E-state index contributed by atoms with van der Waals surface area (Å²) in [5.74, 6) is -0.501. The summed E-state index contributed by atoms with van der Waals surface area (Å²) in [6.07, 6.45) is 4.15. The molecular formula is C31H31Cl3N2O3. The molecule has 8 heteroatoms. The summed E-state index contributed by atoms with van der Waals surface area (Å²) in [6, 6.07) is 19.4. The van der Waals surface area contributed by atoms with E-state index in [1.54, 1.807) is 6.07 Å². The van der Waals surface area contributed by atoms with Crippen LogP contribution in [-0.4, -0.2) is 30.1 Å². The molecule has 0 aliphatic heterocycles. The fraction of sp³-hybridized carbons (Fsp3) is 0.290. The van der Waals surface area contributed by atoms with Crippen molar-refractivity contribution < 1.29 is 14.3 Å². The van der Waals surface area contributed by atoms with Crippen LogP contribution in [0.15, 0.2) is 66.9 Å². The lowest BCUT2D eigenvalue weighted by Crippen LogP contribution is -2.26. The maximum atomic E-state index is 12.6. The van der Waals surface area contributed by atoms with Crippen molar-refractivity contribution in [2.45, 2.75) is 38.0 Å². The normalized spacial score (nSPS) is 12.8. The highest BCUT2D eigenvalue weighted by Gasteiger charge is 2.29. The van der Waals surface area contributed by atoms with Crippen LogP contribution in [0.2, 0.25) is 15.1 Å². The molecule has 0 bridgehead atoms. The number of nitrogens with zero attached hydrogens (tertiary/aromatic N) is 1. The van der Waals surface area contributed by atoms with E-state index in [9.17, 15) is 9.59 Å². The largest absolute Gasteiger partial charge is 0.469 e. The van der Waals surface area contributed by atoms with Crippen LogP contribution >= 0.6 is 34.8 Å². The predicted molar refractivity (Wildman–Crippen MR) is 159 cm³/mol. The molecule has 4 aromatic rings. The Morgan fingerprint density at radius 2 is 1.62 bits per heavy atom. The molecular weight excluding hydrogens is 555 g/mol. The first kappa shape index (κ1) is 29.0. The van der Waals surface area contributed by atoms with Crippen LogP contribution in [0, 0.1) is 0 Å². The molecule has 3 aromatic carbocycles. The lowest BCUT2D eigenvalue weighted by atomic mass is 9.75. The third-order valence-electron chi connectivity index (χ3n) is 7.03. The number of ether oxygens (including phenoxy) is 1. The van der Waals surface area contributed by atoms with E-state index in [4.69, 9.17) is 34.8 Å². The van der Waals surface area contributed by atoms with E-state index in [1.165, 1.54) is 7.11 Å². The first-order chi connectivity index (χ1) is 18.7. The Morgan fingerprint density at radius 1 is 0.949 bits per heavy atom. The fourth-order valence-electron chi connectivity index (χ4n) is 5.23. The number of fused-ring (bicyclic) bond motifs is 1. The molecule has 1 aromatic heterocycles. The van der Waals surface area contributed by atoms with Crippen molar-refractivity contribution in [3.8, 4) is 0 Å². The number of carbonyl (C=O) groups is 2. The molecule has 1 heterocycles. The summed E-state index contributed by atoms with van der Waals surface area (Å²) in [4.78, 5) is 24.0. The SMILES string of the molecule is CCCC(c1ccc(C(=O)NCCC(=O)OC)cc1)C(c1ccc(Cl)cc1)c1cn(C)c2c(Cl)cc(Cl)cc12. The van der Waals surface area contributed by atoms with Gasteiger partial charge >= 0.3 is 5.97 Å². The Morgan fingerprint density at radius 3 is 2.26 bits per heavy atom. The first-order valence-corrected chi connectivity index (χ1v) is 14.0. The van der Waals surface area contributed by atoms with Gasteiger partial charge in [0.05, 0.1) is 24.1 Å². The lowest BCUT2D eigenvalue weighted by molar-refractivity contribution is -0.140. The van der Waals surface area contributed by atoms with Crippen molar-refractivity contribution in [2.75, 3.05) is 13.7 Å². The highest BCUT2D eigenvalue weighted by atomic mass is 35.5. The van der Waals surface area contributed by atoms with Gasteiger partial charge in [-0.15, -0.1) is 0 Å². The van der Waals surface area contributed by atoms with E-state index in [0.29, 0.717) is 20.6 Å². The number of amides is 1. The Bertz CT molecular complexity index is 1460. The maximum Gasteiger partial charge on any atom is 0.307 e. The monoisotopic (exact) mass is 584 g/mol. The Labute approximate surface area is 244 Å². The van der Waals surface area contributed by atoms with Crippen molar-refractivity contribution in [1.82, 2.24) is 9.88 Å². The molecule has 0 aliphatic carbocycles. The Balaban J connectivity index is 1.75. The van der Waals surface area contributed by atoms with E-state index in [1.807, 2.05) is 49.5 Å². The van der Waals surface area contributed by atoms with Gasteiger partial charge in [0.1, 0.15) is 0 Å². The minimum atomic E-state index is -0.364. The number of hydrogen-bond donors (Lipinski definition) is 1. The average Bonchev–Trinajstić information content (AvgIpc) is 3.24. The van der Waals surface area contributed by atoms with E-state index in [0.717, 1.165) is 40.4 Å². The summed E-state index contributed by atoms with van der Waals surface area (Å²) >= 11 is 19.4. The quantitative estimate of drug-likeness (QED) is 0.191. The first-order valence-electron chi connectivity index (χ1n) is 12.9. The molecule has 4 rings (SSSR count). The average molecular weight is 586 g/mol. The summed E-state index contributed by atoms with van der Waals surface area (Å²) in [6.45, 7) is 2.39. The third-order valence-corrected chi connectivity index (χ3v) is 7.79. The van der Waals surface area contributed by atoms with E-state index in [-0.39, 0.29) is 36.7 Å². The van der Waals surface area contributed by atoms with Gasteiger partial charge in [0.25, 0.3) is 5.91 Å². The zero-order chi connectivity index (χ0) is 28.1. The van der Waals surface area contributed by atoms with Crippen molar-refractivity contribution in [3.63, 3.8) is 0 Å². The summed E-state index contributed by atoms with van der Waals surface area (Å²) in [5, 5.41) is 5.65. The molecule has 0 saturated heterocycles. The predicted octanol–water partition coefficient (Wildman–Crippen LogP) is 8.15. The fourth-order valence-corrected chi connectivity index (χ4v) is 5.99. The van der Waals surface area contributed by atoms with E-state index < -0.39 is 0 Å². The summed E-state index contributed by atoms with van der Waals surface area (Å²) in [5.41, 5.74) is 4.84. The molecule has 0 fully saturated rings. The lowest BCUT2D eigenvalue weighted by Gasteiger charge is -2.28. The van der Waals surface area contributed by atoms with Crippen LogP contribution in [0.3, 0.4) is 0 Å². The van der Waals surface area contributed by atoms with Crippen molar-refractivity contribution in [1.29, 1.82) is 0 Å². The van der Waals surface area contributed by atoms with Crippen LogP contribution in [0.5, 0.6) is 0 Å². The molecule has 204 valence electrons. The summed E-state index contributed by atoms with van der Waals surface area (Å²) in [7, 11) is 3.32. The van der Waals surface area contributed by atoms with Gasteiger partial charge in [-0.25, -0.2) is 0 Å². The van der Waals surface area contributed by atoms with Gasteiger partial charge in [0.2, 0.25) is 0 Å². The van der Waals surface area contributed by atoms with Gasteiger partial charge in [-0.05, 0) is 65.4 Å². The third kappa shape index (κ3) is 6.60. The summed E-state index contributed by atoms with van der Waals surface area (Å²) < 4.78 is 6.68. The highest BCUT2D eigenvalue weighted by molar-refractivity contribution is 6.38. The smallest absolute Gasteiger partial charge is 0.307 e. The van der Waals surface area contributed by atoms with Crippen molar-refractivity contribution in [2.24, 2.45) is 7.05 Å². The molecule has 5 nitrogen and oxygen atoms in total. The van der Waals surface area contributed by atoms with Gasteiger partial charge < -0.3 is 14.6 Å². The molecule has 1 amide bonds. The molecule has 1 N–H and O–H groups in total. The number of hydrogen-bond acceptors (Lipinski definition) is 3. The molecule has 0 radical (unpaired) electrons.